The second-order valence-electron chi connectivity index (χ2n) is 4.05. The number of hydrogen-bond donors (Lipinski definition) is 2. The summed E-state index contributed by atoms with van der Waals surface area (Å²) in [6.45, 7) is -0.0946. The first-order valence-corrected chi connectivity index (χ1v) is 6.81. The Morgan fingerprint density at radius 1 is 0.947 bits per heavy atom. The average molecular weight is 317 g/mol. The first-order valence-electron chi connectivity index (χ1n) is 5.68. The lowest BCUT2D eigenvalue weighted by molar-refractivity contribution is 0.276. The van der Waals surface area contributed by atoms with Crippen LogP contribution in [-0.2, 0) is 0 Å². The summed E-state index contributed by atoms with van der Waals surface area (Å²) < 4.78 is 0. The van der Waals surface area contributed by atoms with E-state index in [0.29, 0.717) is 15.1 Å². The van der Waals surface area contributed by atoms with Crippen LogP contribution in [0.3, 0.4) is 0 Å². The second-order valence-corrected chi connectivity index (χ2v) is 5.33. The Balaban J connectivity index is 2.24. The minimum absolute atomic E-state index is 0.0946. The number of hydrogen-bond acceptors (Lipinski definition) is 2. The van der Waals surface area contributed by atoms with E-state index in [2.05, 4.69) is 5.32 Å². The topological polar surface area (TPSA) is 32.3 Å². The van der Waals surface area contributed by atoms with E-state index in [0.717, 1.165) is 11.3 Å². The highest BCUT2D eigenvalue weighted by Gasteiger charge is 2.14. The van der Waals surface area contributed by atoms with Gasteiger partial charge >= 0.3 is 0 Å². The summed E-state index contributed by atoms with van der Waals surface area (Å²) >= 11 is 17.9. The molecule has 19 heavy (non-hydrogen) atoms. The van der Waals surface area contributed by atoms with E-state index in [9.17, 15) is 5.11 Å². The van der Waals surface area contributed by atoms with Crippen LogP contribution >= 0.6 is 34.8 Å². The molecule has 2 aromatic rings. The molecule has 0 saturated carbocycles. The molecule has 5 heteroatoms. The van der Waals surface area contributed by atoms with Crippen molar-refractivity contribution in [2.75, 3.05) is 11.9 Å². The largest absolute Gasteiger partial charge is 0.394 e. The van der Waals surface area contributed by atoms with E-state index in [-0.39, 0.29) is 12.6 Å². The third kappa shape index (κ3) is 3.77. The molecule has 0 radical (unpaired) electrons. The quantitative estimate of drug-likeness (QED) is 0.850. The molecular formula is C14H12Cl3NO. The van der Waals surface area contributed by atoms with Gasteiger partial charge in [0.05, 0.1) is 12.6 Å². The predicted octanol–water partition coefficient (Wildman–Crippen LogP) is 4.79. The van der Waals surface area contributed by atoms with E-state index in [1.165, 1.54) is 0 Å². The summed E-state index contributed by atoms with van der Waals surface area (Å²) in [7, 11) is 0. The molecular weight excluding hydrogens is 305 g/mol. The van der Waals surface area contributed by atoms with Gasteiger partial charge in [0.1, 0.15) is 0 Å². The Kier molecular flexibility index (Phi) is 4.94. The number of benzene rings is 2. The van der Waals surface area contributed by atoms with Crippen LogP contribution in [0.5, 0.6) is 0 Å². The van der Waals surface area contributed by atoms with Gasteiger partial charge in [-0.05, 0) is 48.0 Å². The van der Waals surface area contributed by atoms with Gasteiger partial charge in [0.15, 0.2) is 0 Å². The fourth-order valence-corrected chi connectivity index (χ4v) is 2.31. The van der Waals surface area contributed by atoms with Gasteiger partial charge < -0.3 is 10.4 Å². The van der Waals surface area contributed by atoms with E-state index in [1.807, 2.05) is 12.1 Å². The van der Waals surface area contributed by atoms with Crippen molar-refractivity contribution in [2.45, 2.75) is 6.04 Å². The maximum Gasteiger partial charge on any atom is 0.0759 e. The standard InChI is InChI=1S/C14H12Cl3NO/c15-9-1-4-11(5-2-9)18-14(8-19)12-7-10(16)3-6-13(12)17/h1-7,14,18-19H,8H2. The molecule has 0 aliphatic rings. The highest BCUT2D eigenvalue weighted by atomic mass is 35.5. The van der Waals surface area contributed by atoms with Crippen molar-refractivity contribution in [3.63, 3.8) is 0 Å². The lowest BCUT2D eigenvalue weighted by Gasteiger charge is -2.19. The molecule has 0 heterocycles. The normalized spacial score (nSPS) is 12.2. The maximum absolute atomic E-state index is 9.52. The molecule has 0 amide bonds. The van der Waals surface area contributed by atoms with Gasteiger partial charge in [0, 0.05) is 20.8 Å². The zero-order chi connectivity index (χ0) is 13.8. The second kappa shape index (κ2) is 6.49. The van der Waals surface area contributed by atoms with E-state index >= 15 is 0 Å². The molecule has 2 N–H and O–H groups in total. The van der Waals surface area contributed by atoms with Crippen LogP contribution in [0.25, 0.3) is 0 Å². The van der Waals surface area contributed by atoms with Gasteiger partial charge in [0.2, 0.25) is 0 Å². The smallest absolute Gasteiger partial charge is 0.0759 e. The van der Waals surface area contributed by atoms with Crippen molar-refractivity contribution in [3.05, 3.63) is 63.1 Å². The Morgan fingerprint density at radius 2 is 1.58 bits per heavy atom. The first kappa shape index (κ1) is 14.5. The highest BCUT2D eigenvalue weighted by molar-refractivity contribution is 6.33. The Morgan fingerprint density at radius 3 is 2.21 bits per heavy atom. The molecule has 2 nitrogen and oxygen atoms in total. The molecule has 1 unspecified atom stereocenters. The number of aliphatic hydroxyl groups excluding tert-OH is 1. The monoisotopic (exact) mass is 315 g/mol. The molecule has 0 aromatic heterocycles. The molecule has 0 saturated heterocycles. The lowest BCUT2D eigenvalue weighted by atomic mass is 10.1. The van der Waals surface area contributed by atoms with Crippen molar-refractivity contribution in [1.82, 2.24) is 0 Å². The van der Waals surface area contributed by atoms with Crippen molar-refractivity contribution in [3.8, 4) is 0 Å². The molecule has 0 bridgehead atoms. The number of nitrogens with one attached hydrogen (secondary N) is 1. The maximum atomic E-state index is 9.52. The molecule has 1 atom stereocenters. The van der Waals surface area contributed by atoms with Gasteiger partial charge in [-0.25, -0.2) is 0 Å². The number of aliphatic hydroxyl groups is 1. The van der Waals surface area contributed by atoms with Gasteiger partial charge in [0.25, 0.3) is 0 Å². The molecule has 2 rings (SSSR count). The minimum Gasteiger partial charge on any atom is -0.394 e. The fraction of sp³-hybridized carbons (Fsp3) is 0.143. The van der Waals surface area contributed by atoms with Crippen molar-refractivity contribution >= 4 is 40.5 Å². The van der Waals surface area contributed by atoms with Crippen molar-refractivity contribution < 1.29 is 5.11 Å². The van der Waals surface area contributed by atoms with Crippen LogP contribution in [0.1, 0.15) is 11.6 Å². The molecule has 100 valence electrons. The Bertz CT molecular complexity index is 557. The third-order valence-corrected chi connectivity index (χ3v) is 3.53. The third-order valence-electron chi connectivity index (χ3n) is 2.70. The van der Waals surface area contributed by atoms with Crippen LogP contribution in [-0.4, -0.2) is 11.7 Å². The minimum atomic E-state index is -0.327. The summed E-state index contributed by atoms with van der Waals surface area (Å²) in [6, 6.07) is 12.1. The summed E-state index contributed by atoms with van der Waals surface area (Å²) in [6.07, 6.45) is 0. The van der Waals surface area contributed by atoms with Crippen LogP contribution in [0.4, 0.5) is 5.69 Å². The summed E-state index contributed by atoms with van der Waals surface area (Å²) in [5.41, 5.74) is 1.60. The van der Waals surface area contributed by atoms with Crippen LogP contribution in [0, 0.1) is 0 Å². The Hall–Kier alpha value is -0.930. The average Bonchev–Trinajstić information content (AvgIpc) is 2.41. The van der Waals surface area contributed by atoms with Gasteiger partial charge in [-0.15, -0.1) is 0 Å². The molecule has 0 aliphatic heterocycles. The van der Waals surface area contributed by atoms with Crippen molar-refractivity contribution in [1.29, 1.82) is 0 Å². The van der Waals surface area contributed by atoms with Crippen LogP contribution in [0.2, 0.25) is 15.1 Å². The number of halogens is 3. The zero-order valence-corrected chi connectivity index (χ0v) is 12.2. The molecule has 0 fully saturated rings. The fourth-order valence-electron chi connectivity index (χ4n) is 1.75. The van der Waals surface area contributed by atoms with Crippen LogP contribution in [0.15, 0.2) is 42.5 Å². The summed E-state index contributed by atoms with van der Waals surface area (Å²) in [5.74, 6) is 0. The van der Waals surface area contributed by atoms with E-state index in [4.69, 9.17) is 34.8 Å². The van der Waals surface area contributed by atoms with E-state index in [1.54, 1.807) is 30.3 Å². The summed E-state index contributed by atoms with van der Waals surface area (Å²) in [4.78, 5) is 0. The van der Waals surface area contributed by atoms with Gasteiger partial charge in [-0.1, -0.05) is 34.8 Å². The van der Waals surface area contributed by atoms with Gasteiger partial charge in [-0.3, -0.25) is 0 Å². The summed E-state index contributed by atoms with van der Waals surface area (Å²) in [5, 5.41) is 14.5. The number of anilines is 1. The van der Waals surface area contributed by atoms with E-state index < -0.39 is 0 Å². The highest BCUT2D eigenvalue weighted by Crippen LogP contribution is 2.29. The lowest BCUT2D eigenvalue weighted by Crippen LogP contribution is -2.15. The first-order chi connectivity index (χ1) is 9.10. The number of rotatable bonds is 4. The molecule has 0 spiro atoms. The van der Waals surface area contributed by atoms with Crippen LogP contribution < -0.4 is 5.32 Å². The molecule has 0 aliphatic carbocycles. The van der Waals surface area contributed by atoms with Crippen molar-refractivity contribution in [2.24, 2.45) is 0 Å². The van der Waals surface area contributed by atoms with Gasteiger partial charge in [-0.2, -0.15) is 0 Å². The zero-order valence-electron chi connectivity index (χ0n) is 9.91. The molecule has 2 aromatic carbocycles. The SMILES string of the molecule is OCC(Nc1ccc(Cl)cc1)c1cc(Cl)ccc1Cl. The Labute approximate surface area is 126 Å². The predicted molar refractivity (Wildman–Crippen MR) is 81.4 cm³/mol.